The van der Waals surface area contributed by atoms with E-state index in [4.69, 9.17) is 5.26 Å². The molecular formula is C17H17NS. The highest BCUT2D eigenvalue weighted by atomic mass is 32.2. The molecule has 0 atom stereocenters. The van der Waals surface area contributed by atoms with Gasteiger partial charge in [0.2, 0.25) is 0 Å². The van der Waals surface area contributed by atoms with E-state index in [9.17, 15) is 0 Å². The molecule has 0 N–H and O–H groups in total. The predicted octanol–water partition coefficient (Wildman–Crippen LogP) is 4.66. The molecule has 2 aromatic rings. The predicted molar refractivity (Wildman–Crippen MR) is 81.2 cm³/mol. The van der Waals surface area contributed by atoms with E-state index < -0.39 is 0 Å². The van der Waals surface area contributed by atoms with E-state index in [1.165, 1.54) is 21.6 Å². The van der Waals surface area contributed by atoms with Crippen molar-refractivity contribution in [3.8, 4) is 6.07 Å². The van der Waals surface area contributed by atoms with Crippen molar-refractivity contribution >= 4 is 11.8 Å². The third-order valence-electron chi connectivity index (χ3n) is 3.10. The van der Waals surface area contributed by atoms with Gasteiger partial charge in [-0.15, -0.1) is 11.8 Å². The molecular weight excluding hydrogens is 250 g/mol. The second-order valence-electron chi connectivity index (χ2n) is 4.66. The molecule has 0 unspecified atom stereocenters. The van der Waals surface area contributed by atoms with Crippen LogP contribution in [0.3, 0.4) is 0 Å². The number of hydrogen-bond donors (Lipinski definition) is 0. The Kier molecular flexibility index (Phi) is 4.65. The number of benzene rings is 2. The summed E-state index contributed by atoms with van der Waals surface area (Å²) in [4.78, 5) is 1.32. The van der Waals surface area contributed by atoms with Crippen molar-refractivity contribution in [2.75, 3.05) is 0 Å². The van der Waals surface area contributed by atoms with Crippen LogP contribution in [-0.2, 0) is 12.2 Å². The van der Waals surface area contributed by atoms with Crippen molar-refractivity contribution in [1.82, 2.24) is 0 Å². The van der Waals surface area contributed by atoms with Gasteiger partial charge in [0.25, 0.3) is 0 Å². The first-order valence-corrected chi connectivity index (χ1v) is 7.33. The molecule has 0 heterocycles. The Morgan fingerprint density at radius 2 is 1.79 bits per heavy atom. The van der Waals surface area contributed by atoms with Crippen LogP contribution in [0.5, 0.6) is 0 Å². The van der Waals surface area contributed by atoms with E-state index in [-0.39, 0.29) is 0 Å². The second-order valence-corrected chi connectivity index (χ2v) is 5.68. The van der Waals surface area contributed by atoms with E-state index in [0.717, 1.165) is 11.3 Å². The number of nitrogens with zero attached hydrogens (tertiary/aromatic N) is 1. The molecule has 0 amide bonds. The third kappa shape index (κ3) is 3.62. The number of nitriles is 1. The van der Waals surface area contributed by atoms with Crippen molar-refractivity contribution in [2.24, 2.45) is 0 Å². The minimum Gasteiger partial charge on any atom is -0.198 e. The lowest BCUT2D eigenvalue weighted by atomic mass is 10.1. The summed E-state index contributed by atoms with van der Waals surface area (Å²) >= 11 is 1.84. The zero-order chi connectivity index (χ0) is 13.7. The largest absolute Gasteiger partial charge is 0.198 e. The van der Waals surface area contributed by atoms with Gasteiger partial charge in [-0.3, -0.25) is 0 Å². The van der Waals surface area contributed by atoms with Crippen molar-refractivity contribution in [3.63, 3.8) is 0 Å². The van der Waals surface area contributed by atoms with Gasteiger partial charge in [-0.25, -0.2) is 0 Å². The van der Waals surface area contributed by atoms with Crippen LogP contribution in [0.4, 0.5) is 0 Å². The van der Waals surface area contributed by atoms with Gasteiger partial charge >= 0.3 is 0 Å². The molecule has 2 rings (SSSR count). The molecule has 0 bridgehead atoms. The van der Waals surface area contributed by atoms with Crippen molar-refractivity contribution in [1.29, 1.82) is 5.26 Å². The fraction of sp³-hybridized carbons (Fsp3) is 0.235. The SMILES string of the molecule is Cc1ccc(SCc2ccccc2CC#N)c(C)c1. The average Bonchev–Trinajstić information content (AvgIpc) is 2.40. The highest BCUT2D eigenvalue weighted by molar-refractivity contribution is 7.98. The first-order chi connectivity index (χ1) is 9.20. The number of thioether (sulfide) groups is 1. The van der Waals surface area contributed by atoms with E-state index in [1.807, 2.05) is 30.0 Å². The monoisotopic (exact) mass is 267 g/mol. The summed E-state index contributed by atoms with van der Waals surface area (Å²) in [5, 5.41) is 8.85. The van der Waals surface area contributed by atoms with Crippen LogP contribution in [0.2, 0.25) is 0 Å². The fourth-order valence-corrected chi connectivity index (χ4v) is 3.12. The highest BCUT2D eigenvalue weighted by Crippen LogP contribution is 2.27. The Morgan fingerprint density at radius 1 is 1.05 bits per heavy atom. The Bertz CT molecular complexity index is 611. The maximum atomic E-state index is 8.85. The first-order valence-electron chi connectivity index (χ1n) is 6.34. The van der Waals surface area contributed by atoms with Crippen molar-refractivity contribution < 1.29 is 0 Å². The maximum absolute atomic E-state index is 8.85. The normalized spacial score (nSPS) is 10.2. The number of aryl methyl sites for hydroxylation is 2. The molecule has 0 aromatic heterocycles. The average molecular weight is 267 g/mol. The van der Waals surface area contributed by atoms with E-state index in [0.29, 0.717) is 6.42 Å². The van der Waals surface area contributed by atoms with Crippen molar-refractivity contribution in [2.45, 2.75) is 30.9 Å². The lowest BCUT2D eigenvalue weighted by Crippen LogP contribution is -1.91. The van der Waals surface area contributed by atoms with Crippen LogP contribution in [-0.4, -0.2) is 0 Å². The summed E-state index contributed by atoms with van der Waals surface area (Å²) in [6.45, 7) is 4.26. The summed E-state index contributed by atoms with van der Waals surface area (Å²) in [5.74, 6) is 0.918. The van der Waals surface area contributed by atoms with Crippen LogP contribution < -0.4 is 0 Å². The summed E-state index contributed by atoms with van der Waals surface area (Å²) < 4.78 is 0. The second kappa shape index (κ2) is 6.45. The van der Waals surface area contributed by atoms with Gasteiger partial charge in [-0.2, -0.15) is 5.26 Å². The molecule has 0 saturated heterocycles. The topological polar surface area (TPSA) is 23.8 Å². The lowest BCUT2D eigenvalue weighted by Gasteiger charge is -2.09. The van der Waals surface area contributed by atoms with Gasteiger partial charge in [0.1, 0.15) is 0 Å². The number of rotatable bonds is 4. The smallest absolute Gasteiger partial charge is 0.0669 e. The summed E-state index contributed by atoms with van der Waals surface area (Å²) in [6.07, 6.45) is 0.490. The Balaban J connectivity index is 2.12. The molecule has 2 aromatic carbocycles. The molecule has 1 nitrogen and oxygen atoms in total. The van der Waals surface area contributed by atoms with E-state index >= 15 is 0 Å². The van der Waals surface area contributed by atoms with Gasteiger partial charge in [-0.05, 0) is 36.6 Å². The van der Waals surface area contributed by atoms with Gasteiger partial charge in [0.15, 0.2) is 0 Å². The highest BCUT2D eigenvalue weighted by Gasteiger charge is 2.04. The van der Waals surface area contributed by atoms with Crippen LogP contribution in [0.25, 0.3) is 0 Å². The van der Waals surface area contributed by atoms with E-state index in [2.05, 4.69) is 44.2 Å². The van der Waals surface area contributed by atoms with Crippen molar-refractivity contribution in [3.05, 3.63) is 64.7 Å². The maximum Gasteiger partial charge on any atom is 0.0669 e. The molecule has 0 spiro atoms. The molecule has 96 valence electrons. The molecule has 0 aliphatic carbocycles. The molecule has 0 radical (unpaired) electrons. The minimum absolute atomic E-state index is 0.490. The van der Waals surface area contributed by atoms with Gasteiger partial charge in [0.05, 0.1) is 12.5 Å². The molecule has 2 heteroatoms. The zero-order valence-electron chi connectivity index (χ0n) is 11.3. The molecule has 0 saturated carbocycles. The Morgan fingerprint density at radius 3 is 2.47 bits per heavy atom. The summed E-state index contributed by atoms with van der Waals surface area (Å²) in [5.41, 5.74) is 5.02. The Hall–Kier alpha value is -1.72. The van der Waals surface area contributed by atoms with Gasteiger partial charge in [-0.1, -0.05) is 42.0 Å². The van der Waals surface area contributed by atoms with Crippen LogP contribution in [0.1, 0.15) is 22.3 Å². The summed E-state index contributed by atoms with van der Waals surface area (Å²) in [6, 6.07) is 17.0. The quantitative estimate of drug-likeness (QED) is 0.752. The minimum atomic E-state index is 0.490. The molecule has 19 heavy (non-hydrogen) atoms. The third-order valence-corrected chi connectivity index (χ3v) is 4.33. The van der Waals surface area contributed by atoms with Gasteiger partial charge in [0, 0.05) is 10.6 Å². The zero-order valence-corrected chi connectivity index (χ0v) is 12.1. The van der Waals surface area contributed by atoms with Crippen LogP contribution >= 0.6 is 11.8 Å². The first kappa shape index (κ1) is 13.7. The lowest BCUT2D eigenvalue weighted by molar-refractivity contribution is 1.19. The summed E-state index contributed by atoms with van der Waals surface area (Å²) in [7, 11) is 0. The van der Waals surface area contributed by atoms with Gasteiger partial charge < -0.3 is 0 Å². The number of hydrogen-bond acceptors (Lipinski definition) is 2. The molecule has 0 fully saturated rings. The molecule has 0 aliphatic rings. The standard InChI is InChI=1S/C17H17NS/c1-13-7-8-17(14(2)11-13)19-12-16-6-4-3-5-15(16)9-10-18/h3-8,11H,9,12H2,1-2H3. The van der Waals surface area contributed by atoms with Crippen LogP contribution in [0.15, 0.2) is 47.4 Å². The van der Waals surface area contributed by atoms with Crippen LogP contribution in [0, 0.1) is 25.2 Å². The van der Waals surface area contributed by atoms with E-state index in [1.54, 1.807) is 0 Å². The molecule has 0 aliphatic heterocycles. The Labute approximate surface area is 119 Å². The fourth-order valence-electron chi connectivity index (χ4n) is 2.07.